The molecule has 0 atom stereocenters. The van der Waals surface area contributed by atoms with E-state index in [2.05, 4.69) is 17.2 Å². The lowest BCUT2D eigenvalue weighted by Gasteiger charge is -2.08. The molecule has 0 aliphatic heterocycles. The van der Waals surface area contributed by atoms with Gasteiger partial charge in [-0.3, -0.25) is 4.79 Å². The number of anilines is 1. The number of carbonyl (C=O) groups excluding carboxylic acids is 1. The Morgan fingerprint density at radius 3 is 2.81 bits per heavy atom. The summed E-state index contributed by atoms with van der Waals surface area (Å²) in [5.74, 6) is 4.07. The Bertz CT molecular complexity index is 735. The van der Waals surface area contributed by atoms with Crippen LogP contribution in [-0.4, -0.2) is 17.6 Å². The molecule has 0 aliphatic rings. The van der Waals surface area contributed by atoms with Gasteiger partial charge in [-0.1, -0.05) is 35.6 Å². The molecule has 1 amide bonds. The lowest BCUT2D eigenvalue weighted by atomic mass is 10.1. The predicted octanol–water partition coefficient (Wildman–Crippen LogP) is 3.08. The van der Waals surface area contributed by atoms with Crippen LogP contribution in [0.25, 0.3) is 0 Å². The first-order chi connectivity index (χ1) is 10.1. The van der Waals surface area contributed by atoms with E-state index >= 15 is 0 Å². The zero-order valence-corrected chi connectivity index (χ0v) is 11.6. The molecule has 0 fully saturated rings. The molecule has 2 aromatic carbocycles. The number of aliphatic hydroxyl groups excluding tert-OH is 1. The first kappa shape index (κ1) is 15.0. The summed E-state index contributed by atoms with van der Waals surface area (Å²) in [5, 5.41) is 11.5. The molecule has 2 aromatic rings. The van der Waals surface area contributed by atoms with Crippen LogP contribution in [0.2, 0.25) is 5.02 Å². The minimum atomic E-state index is -0.577. The van der Waals surface area contributed by atoms with Crippen LogP contribution in [0.15, 0.2) is 42.5 Å². The Kier molecular flexibility index (Phi) is 4.94. The van der Waals surface area contributed by atoms with E-state index in [1.165, 1.54) is 18.2 Å². The Balaban J connectivity index is 2.31. The van der Waals surface area contributed by atoms with Crippen LogP contribution in [0.3, 0.4) is 0 Å². The number of rotatable bonds is 2. The van der Waals surface area contributed by atoms with Crippen LogP contribution in [0.4, 0.5) is 10.1 Å². The molecule has 106 valence electrons. The molecular formula is C16H11ClFNO2. The fourth-order valence-corrected chi connectivity index (χ4v) is 1.88. The van der Waals surface area contributed by atoms with Gasteiger partial charge in [0.05, 0.1) is 11.3 Å². The highest BCUT2D eigenvalue weighted by Gasteiger charge is 2.12. The van der Waals surface area contributed by atoms with Crippen molar-refractivity contribution in [3.63, 3.8) is 0 Å². The van der Waals surface area contributed by atoms with Gasteiger partial charge in [-0.2, -0.15) is 0 Å². The second-order valence-corrected chi connectivity index (χ2v) is 4.52. The highest BCUT2D eigenvalue weighted by molar-refractivity contribution is 6.31. The summed E-state index contributed by atoms with van der Waals surface area (Å²) in [6, 6.07) is 10.5. The Morgan fingerprint density at radius 2 is 2.05 bits per heavy atom. The lowest BCUT2D eigenvalue weighted by molar-refractivity contribution is 0.102. The van der Waals surface area contributed by atoms with Gasteiger partial charge in [-0.25, -0.2) is 4.39 Å². The summed E-state index contributed by atoms with van der Waals surface area (Å²) >= 11 is 5.78. The summed E-state index contributed by atoms with van der Waals surface area (Å²) in [4.78, 5) is 12.2. The van der Waals surface area contributed by atoms with Gasteiger partial charge in [0.15, 0.2) is 0 Å². The van der Waals surface area contributed by atoms with Crippen molar-refractivity contribution in [2.24, 2.45) is 0 Å². The van der Waals surface area contributed by atoms with Gasteiger partial charge in [0.1, 0.15) is 12.4 Å². The van der Waals surface area contributed by atoms with Gasteiger partial charge in [-0.15, -0.1) is 0 Å². The number of hydrogen-bond acceptors (Lipinski definition) is 2. The van der Waals surface area contributed by atoms with E-state index in [0.717, 1.165) is 0 Å². The van der Waals surface area contributed by atoms with Gasteiger partial charge in [-0.05, 0) is 30.3 Å². The van der Waals surface area contributed by atoms with Crippen molar-refractivity contribution in [2.45, 2.75) is 0 Å². The zero-order valence-electron chi connectivity index (χ0n) is 10.9. The lowest BCUT2D eigenvalue weighted by Crippen LogP contribution is -2.14. The van der Waals surface area contributed by atoms with Crippen molar-refractivity contribution in [2.75, 3.05) is 11.9 Å². The first-order valence-electron chi connectivity index (χ1n) is 6.07. The number of amides is 1. The average molecular weight is 304 g/mol. The molecule has 0 spiro atoms. The monoisotopic (exact) mass is 303 g/mol. The highest BCUT2D eigenvalue weighted by atomic mass is 35.5. The van der Waals surface area contributed by atoms with E-state index in [9.17, 15) is 9.18 Å². The standard InChI is InChI=1S/C16H11ClFNO2/c17-12-7-8-14(18)15(10-12)19-16(21)13-6-2-1-4-11(13)5-3-9-20/h1-2,4,6-8,10,20H,9H2,(H,19,21). The van der Waals surface area contributed by atoms with Crippen molar-refractivity contribution < 1.29 is 14.3 Å². The second-order valence-electron chi connectivity index (χ2n) is 4.08. The number of benzene rings is 2. The number of nitrogens with one attached hydrogen (secondary N) is 1. The van der Waals surface area contributed by atoms with Gasteiger partial charge in [0, 0.05) is 10.6 Å². The highest BCUT2D eigenvalue weighted by Crippen LogP contribution is 2.20. The molecule has 0 aromatic heterocycles. The maximum Gasteiger partial charge on any atom is 0.257 e. The first-order valence-corrected chi connectivity index (χ1v) is 6.45. The molecule has 0 saturated heterocycles. The van der Waals surface area contributed by atoms with Crippen molar-refractivity contribution in [3.8, 4) is 11.8 Å². The topological polar surface area (TPSA) is 49.3 Å². The van der Waals surface area contributed by atoms with Crippen LogP contribution in [0.5, 0.6) is 0 Å². The third kappa shape index (κ3) is 3.82. The van der Waals surface area contributed by atoms with E-state index in [1.54, 1.807) is 24.3 Å². The van der Waals surface area contributed by atoms with Crippen molar-refractivity contribution in [1.82, 2.24) is 0 Å². The Morgan fingerprint density at radius 1 is 1.29 bits per heavy atom. The predicted molar refractivity (Wildman–Crippen MR) is 79.8 cm³/mol. The molecule has 0 aliphatic carbocycles. The molecular weight excluding hydrogens is 293 g/mol. The van der Waals surface area contributed by atoms with Gasteiger partial charge < -0.3 is 10.4 Å². The van der Waals surface area contributed by atoms with Crippen molar-refractivity contribution in [1.29, 1.82) is 0 Å². The molecule has 2 rings (SSSR count). The number of carbonyl (C=O) groups is 1. The van der Waals surface area contributed by atoms with E-state index in [1.807, 2.05) is 0 Å². The Labute approximate surface area is 126 Å². The molecule has 0 bridgehead atoms. The maximum absolute atomic E-state index is 13.6. The van der Waals surface area contributed by atoms with Crippen LogP contribution < -0.4 is 5.32 Å². The van der Waals surface area contributed by atoms with Gasteiger partial charge in [0.2, 0.25) is 0 Å². The molecule has 0 saturated carbocycles. The maximum atomic E-state index is 13.6. The third-order valence-electron chi connectivity index (χ3n) is 2.65. The van der Waals surface area contributed by atoms with Crippen molar-refractivity contribution >= 4 is 23.2 Å². The summed E-state index contributed by atoms with van der Waals surface area (Å²) < 4.78 is 13.6. The summed E-state index contributed by atoms with van der Waals surface area (Å²) in [5.41, 5.74) is 0.738. The Hall–Kier alpha value is -2.35. The fraction of sp³-hybridized carbons (Fsp3) is 0.0625. The van der Waals surface area contributed by atoms with Gasteiger partial charge in [0.25, 0.3) is 5.91 Å². The van der Waals surface area contributed by atoms with E-state index in [-0.39, 0.29) is 17.9 Å². The second kappa shape index (κ2) is 6.89. The fourth-order valence-electron chi connectivity index (χ4n) is 1.71. The van der Waals surface area contributed by atoms with Crippen LogP contribution in [-0.2, 0) is 0 Å². The quantitative estimate of drug-likeness (QED) is 0.838. The number of halogens is 2. The molecule has 2 N–H and O–H groups in total. The molecule has 0 unspecified atom stereocenters. The van der Waals surface area contributed by atoms with Crippen LogP contribution >= 0.6 is 11.6 Å². The molecule has 0 heterocycles. The number of aliphatic hydroxyl groups is 1. The average Bonchev–Trinajstić information content (AvgIpc) is 2.49. The van der Waals surface area contributed by atoms with E-state index in [4.69, 9.17) is 16.7 Å². The van der Waals surface area contributed by atoms with Crippen LogP contribution in [0, 0.1) is 17.7 Å². The summed E-state index contributed by atoms with van der Waals surface area (Å²) in [6.45, 7) is -0.307. The normalized spacial score (nSPS) is 9.67. The number of hydrogen-bond donors (Lipinski definition) is 2. The van der Waals surface area contributed by atoms with Crippen LogP contribution in [0.1, 0.15) is 15.9 Å². The largest absolute Gasteiger partial charge is 0.384 e. The molecule has 3 nitrogen and oxygen atoms in total. The molecule has 21 heavy (non-hydrogen) atoms. The zero-order chi connectivity index (χ0) is 15.2. The van der Waals surface area contributed by atoms with Crippen molar-refractivity contribution in [3.05, 3.63) is 64.4 Å². The molecule has 5 heteroatoms. The smallest absolute Gasteiger partial charge is 0.257 e. The van der Waals surface area contributed by atoms with E-state index < -0.39 is 11.7 Å². The minimum Gasteiger partial charge on any atom is -0.384 e. The minimum absolute atomic E-state index is 0.00239. The van der Waals surface area contributed by atoms with Gasteiger partial charge >= 0.3 is 0 Å². The molecule has 0 radical (unpaired) electrons. The van der Waals surface area contributed by atoms with E-state index in [0.29, 0.717) is 10.6 Å². The SMILES string of the molecule is O=C(Nc1cc(Cl)ccc1F)c1ccccc1C#CCO. The summed E-state index contributed by atoms with van der Waals surface area (Å²) in [7, 11) is 0. The summed E-state index contributed by atoms with van der Waals surface area (Å²) in [6.07, 6.45) is 0. The third-order valence-corrected chi connectivity index (χ3v) is 2.89.